The maximum atomic E-state index is 12.1. The molecular formula is C19H29N3O3. The number of urea groups is 1. The summed E-state index contributed by atoms with van der Waals surface area (Å²) in [7, 11) is 1.65. The molecule has 3 N–H and O–H groups in total. The van der Waals surface area contributed by atoms with Crippen LogP contribution in [0.4, 0.5) is 10.5 Å². The van der Waals surface area contributed by atoms with Gasteiger partial charge in [-0.2, -0.15) is 0 Å². The van der Waals surface area contributed by atoms with Crippen LogP contribution in [0.3, 0.4) is 0 Å². The second-order valence-corrected chi connectivity index (χ2v) is 6.80. The molecule has 1 fully saturated rings. The Morgan fingerprint density at radius 3 is 2.40 bits per heavy atom. The summed E-state index contributed by atoms with van der Waals surface area (Å²) in [6.07, 6.45) is 4.29. The second kappa shape index (κ2) is 8.74. The number of ether oxygens (including phenoxy) is 1. The van der Waals surface area contributed by atoms with E-state index in [-0.39, 0.29) is 24.0 Å². The molecule has 0 unspecified atom stereocenters. The van der Waals surface area contributed by atoms with Crippen molar-refractivity contribution in [3.05, 3.63) is 23.3 Å². The number of benzene rings is 1. The van der Waals surface area contributed by atoms with Crippen LogP contribution in [0, 0.1) is 13.8 Å². The summed E-state index contributed by atoms with van der Waals surface area (Å²) in [6, 6.07) is 4.16. The van der Waals surface area contributed by atoms with Gasteiger partial charge in [-0.1, -0.05) is 12.8 Å². The lowest BCUT2D eigenvalue weighted by Gasteiger charge is -2.14. The van der Waals surface area contributed by atoms with Crippen LogP contribution in [-0.2, 0) is 4.79 Å². The summed E-state index contributed by atoms with van der Waals surface area (Å²) in [4.78, 5) is 23.3. The number of hydrogen-bond donors (Lipinski definition) is 3. The molecule has 1 aliphatic rings. The SMILES string of the molecule is COc1c(C)cc(NC(=O)CCCCC[C@@H]2NC(=O)N[C@H]2C)cc1C. The average Bonchev–Trinajstić information content (AvgIpc) is 2.84. The summed E-state index contributed by atoms with van der Waals surface area (Å²) in [5.41, 5.74) is 2.84. The van der Waals surface area contributed by atoms with Crippen molar-refractivity contribution < 1.29 is 14.3 Å². The topological polar surface area (TPSA) is 79.5 Å². The first-order chi connectivity index (χ1) is 11.9. The predicted octanol–water partition coefficient (Wildman–Crippen LogP) is 3.27. The Morgan fingerprint density at radius 1 is 1.16 bits per heavy atom. The molecule has 25 heavy (non-hydrogen) atoms. The van der Waals surface area contributed by atoms with Gasteiger partial charge in [-0.05, 0) is 56.9 Å². The van der Waals surface area contributed by atoms with Crippen LogP contribution in [0.15, 0.2) is 12.1 Å². The van der Waals surface area contributed by atoms with Gasteiger partial charge in [-0.25, -0.2) is 4.79 Å². The lowest BCUT2D eigenvalue weighted by atomic mass is 10.0. The second-order valence-electron chi connectivity index (χ2n) is 6.80. The van der Waals surface area contributed by atoms with Gasteiger partial charge >= 0.3 is 6.03 Å². The fraction of sp³-hybridized carbons (Fsp3) is 0.579. The van der Waals surface area contributed by atoms with Crippen molar-refractivity contribution >= 4 is 17.6 Å². The van der Waals surface area contributed by atoms with Gasteiger partial charge in [-0.3, -0.25) is 4.79 Å². The van der Waals surface area contributed by atoms with E-state index in [2.05, 4.69) is 16.0 Å². The number of carbonyl (C=O) groups is 2. The Balaban J connectivity index is 1.68. The molecule has 0 radical (unpaired) electrons. The fourth-order valence-corrected chi connectivity index (χ4v) is 3.36. The summed E-state index contributed by atoms with van der Waals surface area (Å²) >= 11 is 0. The lowest BCUT2D eigenvalue weighted by molar-refractivity contribution is -0.116. The van der Waals surface area contributed by atoms with E-state index in [1.165, 1.54) is 0 Å². The van der Waals surface area contributed by atoms with Gasteiger partial charge in [-0.15, -0.1) is 0 Å². The molecule has 2 atom stereocenters. The zero-order valence-electron chi connectivity index (χ0n) is 15.6. The molecule has 6 heteroatoms. The number of methoxy groups -OCH3 is 1. The quantitative estimate of drug-likeness (QED) is 0.632. The first-order valence-electron chi connectivity index (χ1n) is 8.93. The molecule has 1 saturated heterocycles. The number of hydrogen-bond acceptors (Lipinski definition) is 3. The Kier molecular flexibility index (Phi) is 6.67. The first-order valence-corrected chi connectivity index (χ1v) is 8.93. The molecule has 0 saturated carbocycles. The molecule has 1 heterocycles. The maximum absolute atomic E-state index is 12.1. The van der Waals surface area contributed by atoms with Gasteiger partial charge in [0.05, 0.1) is 13.2 Å². The molecular weight excluding hydrogens is 318 g/mol. The van der Waals surface area contributed by atoms with Crippen LogP contribution in [0.5, 0.6) is 5.75 Å². The third kappa shape index (κ3) is 5.37. The minimum atomic E-state index is -0.0815. The van der Waals surface area contributed by atoms with E-state index in [0.29, 0.717) is 6.42 Å². The smallest absolute Gasteiger partial charge is 0.315 e. The van der Waals surface area contributed by atoms with E-state index in [1.807, 2.05) is 32.9 Å². The number of aryl methyl sites for hydroxylation is 2. The highest BCUT2D eigenvalue weighted by atomic mass is 16.5. The van der Waals surface area contributed by atoms with Crippen molar-refractivity contribution in [1.29, 1.82) is 0 Å². The zero-order valence-corrected chi connectivity index (χ0v) is 15.6. The van der Waals surface area contributed by atoms with E-state index >= 15 is 0 Å². The highest BCUT2D eigenvalue weighted by Gasteiger charge is 2.26. The molecule has 0 aromatic heterocycles. The van der Waals surface area contributed by atoms with Gasteiger partial charge in [0.1, 0.15) is 5.75 Å². The summed E-state index contributed by atoms with van der Waals surface area (Å²) < 4.78 is 5.34. The van der Waals surface area contributed by atoms with Gasteiger partial charge in [0.2, 0.25) is 5.91 Å². The molecule has 0 spiro atoms. The fourth-order valence-electron chi connectivity index (χ4n) is 3.36. The number of nitrogens with one attached hydrogen (secondary N) is 3. The Morgan fingerprint density at radius 2 is 1.84 bits per heavy atom. The van der Waals surface area contributed by atoms with Crippen LogP contribution in [0.2, 0.25) is 0 Å². The minimum absolute atomic E-state index is 0.0353. The van der Waals surface area contributed by atoms with E-state index in [0.717, 1.165) is 48.2 Å². The number of anilines is 1. The van der Waals surface area contributed by atoms with Crippen LogP contribution in [0.1, 0.15) is 50.2 Å². The highest BCUT2D eigenvalue weighted by Crippen LogP contribution is 2.26. The summed E-state index contributed by atoms with van der Waals surface area (Å²) in [5.74, 6) is 0.897. The van der Waals surface area contributed by atoms with E-state index in [4.69, 9.17) is 4.74 Å². The van der Waals surface area contributed by atoms with Crippen LogP contribution in [-0.4, -0.2) is 31.1 Å². The van der Waals surface area contributed by atoms with Crippen molar-refractivity contribution in [2.45, 2.75) is 65.0 Å². The average molecular weight is 347 g/mol. The number of unbranched alkanes of at least 4 members (excludes halogenated alkanes) is 2. The normalized spacial score (nSPS) is 19.3. The molecule has 138 valence electrons. The van der Waals surface area contributed by atoms with E-state index < -0.39 is 0 Å². The van der Waals surface area contributed by atoms with Gasteiger partial charge in [0.15, 0.2) is 0 Å². The van der Waals surface area contributed by atoms with Gasteiger partial charge in [0.25, 0.3) is 0 Å². The third-order valence-corrected chi connectivity index (χ3v) is 4.65. The third-order valence-electron chi connectivity index (χ3n) is 4.65. The molecule has 0 aliphatic carbocycles. The largest absolute Gasteiger partial charge is 0.496 e. The van der Waals surface area contributed by atoms with Crippen molar-refractivity contribution in [1.82, 2.24) is 10.6 Å². The maximum Gasteiger partial charge on any atom is 0.315 e. The van der Waals surface area contributed by atoms with Crippen LogP contribution < -0.4 is 20.7 Å². The molecule has 1 aromatic carbocycles. The van der Waals surface area contributed by atoms with Crippen molar-refractivity contribution in [2.75, 3.05) is 12.4 Å². The van der Waals surface area contributed by atoms with E-state index in [9.17, 15) is 9.59 Å². The van der Waals surface area contributed by atoms with Crippen molar-refractivity contribution in [2.24, 2.45) is 0 Å². The van der Waals surface area contributed by atoms with Crippen molar-refractivity contribution in [3.63, 3.8) is 0 Å². The van der Waals surface area contributed by atoms with E-state index in [1.54, 1.807) is 7.11 Å². The molecule has 1 aromatic rings. The number of rotatable bonds is 8. The minimum Gasteiger partial charge on any atom is -0.496 e. The Labute approximate surface area is 149 Å². The summed E-state index contributed by atoms with van der Waals surface area (Å²) in [6.45, 7) is 5.95. The molecule has 3 amide bonds. The lowest BCUT2D eigenvalue weighted by Crippen LogP contribution is -2.30. The molecule has 2 rings (SSSR count). The summed E-state index contributed by atoms with van der Waals surface area (Å²) in [5, 5.41) is 8.72. The molecule has 1 aliphatic heterocycles. The first kappa shape index (κ1) is 19.1. The highest BCUT2D eigenvalue weighted by molar-refractivity contribution is 5.91. The van der Waals surface area contributed by atoms with Gasteiger partial charge in [0, 0.05) is 18.2 Å². The van der Waals surface area contributed by atoms with Crippen LogP contribution in [0.25, 0.3) is 0 Å². The monoisotopic (exact) mass is 347 g/mol. The predicted molar refractivity (Wildman–Crippen MR) is 99.1 cm³/mol. The van der Waals surface area contributed by atoms with Gasteiger partial charge < -0.3 is 20.7 Å². The molecule has 6 nitrogen and oxygen atoms in total. The Bertz CT molecular complexity index is 607. The number of carbonyl (C=O) groups excluding carboxylic acids is 2. The van der Waals surface area contributed by atoms with Crippen LogP contribution >= 0.6 is 0 Å². The Hall–Kier alpha value is -2.24. The molecule has 0 bridgehead atoms. The standard InChI is InChI=1S/C19H29N3O3/c1-12-10-15(11-13(2)18(12)25-4)21-17(23)9-7-5-6-8-16-14(3)20-19(24)22-16/h10-11,14,16H,5-9H2,1-4H3,(H,21,23)(H2,20,22,24)/t14-,16-/m0/s1. The zero-order chi connectivity index (χ0) is 18.4. The van der Waals surface area contributed by atoms with Crippen molar-refractivity contribution in [3.8, 4) is 5.75 Å². The number of amides is 3.